The zero-order chi connectivity index (χ0) is 14.1. The number of benzene rings is 2. The van der Waals surface area contributed by atoms with E-state index < -0.39 is 0 Å². The number of hydrogen-bond donors (Lipinski definition) is 1. The average Bonchev–Trinajstić information content (AvgIpc) is 2.90. The molecule has 5 heteroatoms. The van der Waals surface area contributed by atoms with Gasteiger partial charge in [0.15, 0.2) is 5.58 Å². The lowest BCUT2D eigenvalue weighted by Gasteiger charge is -1.99. The summed E-state index contributed by atoms with van der Waals surface area (Å²) in [5.41, 5.74) is 2.65. The maximum absolute atomic E-state index is 9.35. The summed E-state index contributed by atoms with van der Waals surface area (Å²) in [6.45, 7) is -0.145. The smallest absolute Gasteiger partial charge is 0.227 e. The highest BCUT2D eigenvalue weighted by Gasteiger charge is 2.12. The van der Waals surface area contributed by atoms with E-state index in [9.17, 15) is 5.11 Å². The number of aliphatic hydroxyl groups is 1. The van der Waals surface area contributed by atoms with Crippen molar-refractivity contribution in [1.82, 2.24) is 4.98 Å². The number of aliphatic hydroxyl groups excluding tert-OH is 1. The van der Waals surface area contributed by atoms with Crippen LogP contribution in [0.3, 0.4) is 0 Å². The summed E-state index contributed by atoms with van der Waals surface area (Å²) < 4.78 is 10.8. The van der Waals surface area contributed by atoms with Crippen LogP contribution >= 0.6 is 11.6 Å². The molecule has 0 fully saturated rings. The van der Waals surface area contributed by atoms with Crippen LogP contribution < -0.4 is 4.74 Å². The van der Waals surface area contributed by atoms with Crippen LogP contribution in [0.5, 0.6) is 5.75 Å². The van der Waals surface area contributed by atoms with Gasteiger partial charge < -0.3 is 14.3 Å². The van der Waals surface area contributed by atoms with E-state index in [1.807, 2.05) is 24.3 Å². The van der Waals surface area contributed by atoms with Crippen molar-refractivity contribution in [3.8, 4) is 17.2 Å². The van der Waals surface area contributed by atoms with Gasteiger partial charge in [0.2, 0.25) is 5.89 Å². The van der Waals surface area contributed by atoms with Crippen molar-refractivity contribution >= 4 is 22.7 Å². The van der Waals surface area contributed by atoms with Crippen molar-refractivity contribution in [1.29, 1.82) is 0 Å². The number of halogens is 1. The quantitative estimate of drug-likeness (QED) is 0.799. The zero-order valence-corrected chi connectivity index (χ0v) is 11.5. The summed E-state index contributed by atoms with van der Waals surface area (Å²) in [6.07, 6.45) is 0. The number of methoxy groups -OCH3 is 1. The first-order valence-electron chi connectivity index (χ1n) is 6.05. The van der Waals surface area contributed by atoms with E-state index in [2.05, 4.69) is 4.98 Å². The molecule has 1 aromatic heterocycles. The number of hydrogen-bond acceptors (Lipinski definition) is 4. The molecule has 0 atom stereocenters. The third-order valence-corrected chi connectivity index (χ3v) is 3.26. The molecule has 2 aromatic carbocycles. The number of fused-ring (bicyclic) bond motifs is 1. The number of nitrogens with zero attached hydrogens (tertiary/aromatic N) is 1. The zero-order valence-electron chi connectivity index (χ0n) is 10.8. The first-order valence-corrected chi connectivity index (χ1v) is 6.43. The van der Waals surface area contributed by atoms with Crippen molar-refractivity contribution in [2.75, 3.05) is 7.11 Å². The second-order valence-corrected chi connectivity index (χ2v) is 4.76. The fourth-order valence-corrected chi connectivity index (χ4v) is 2.27. The van der Waals surface area contributed by atoms with Gasteiger partial charge in [-0.15, -0.1) is 0 Å². The van der Waals surface area contributed by atoms with E-state index in [1.165, 1.54) is 0 Å². The van der Waals surface area contributed by atoms with Gasteiger partial charge in [0.25, 0.3) is 0 Å². The number of rotatable bonds is 3. The van der Waals surface area contributed by atoms with Crippen LogP contribution in [0.2, 0.25) is 5.02 Å². The van der Waals surface area contributed by atoms with Crippen LogP contribution in [0.4, 0.5) is 0 Å². The summed E-state index contributed by atoms with van der Waals surface area (Å²) in [4.78, 5) is 4.40. The summed E-state index contributed by atoms with van der Waals surface area (Å²) in [6, 6.07) is 10.8. The monoisotopic (exact) mass is 289 g/mol. The Morgan fingerprint density at radius 1 is 1.25 bits per heavy atom. The molecule has 0 saturated carbocycles. The van der Waals surface area contributed by atoms with Crippen LogP contribution in [0.1, 0.15) is 5.56 Å². The van der Waals surface area contributed by atoms with Crippen LogP contribution in [0, 0.1) is 0 Å². The molecule has 0 amide bonds. The summed E-state index contributed by atoms with van der Waals surface area (Å²) in [7, 11) is 1.62. The molecular formula is C15H12ClNO3. The molecule has 4 nitrogen and oxygen atoms in total. The number of oxazole rings is 1. The molecular weight excluding hydrogens is 278 g/mol. The summed E-state index contributed by atoms with van der Waals surface area (Å²) >= 11 is 5.99. The second-order valence-electron chi connectivity index (χ2n) is 4.32. The molecule has 0 radical (unpaired) electrons. The molecule has 0 bridgehead atoms. The first kappa shape index (κ1) is 13.0. The van der Waals surface area contributed by atoms with Gasteiger partial charge in [-0.25, -0.2) is 4.98 Å². The normalized spacial score (nSPS) is 10.9. The minimum absolute atomic E-state index is 0.145. The predicted octanol–water partition coefficient (Wildman–Crippen LogP) is 3.65. The van der Waals surface area contributed by atoms with Gasteiger partial charge >= 0.3 is 0 Å². The highest BCUT2D eigenvalue weighted by Crippen LogP contribution is 2.30. The summed E-state index contributed by atoms with van der Waals surface area (Å²) in [5, 5.41) is 9.87. The van der Waals surface area contributed by atoms with Crippen molar-refractivity contribution in [2.45, 2.75) is 6.61 Å². The second kappa shape index (κ2) is 5.15. The third-order valence-electron chi connectivity index (χ3n) is 3.04. The molecule has 0 aliphatic carbocycles. The van der Waals surface area contributed by atoms with Gasteiger partial charge in [0, 0.05) is 16.1 Å². The van der Waals surface area contributed by atoms with E-state index in [1.54, 1.807) is 19.2 Å². The van der Waals surface area contributed by atoms with Crippen molar-refractivity contribution in [2.24, 2.45) is 0 Å². The Kier molecular flexibility index (Phi) is 3.34. The highest BCUT2D eigenvalue weighted by atomic mass is 35.5. The maximum atomic E-state index is 9.35. The van der Waals surface area contributed by atoms with Gasteiger partial charge in [-0.2, -0.15) is 0 Å². The molecule has 1 heterocycles. The molecule has 0 unspecified atom stereocenters. The third kappa shape index (κ3) is 2.24. The van der Waals surface area contributed by atoms with E-state index in [0.29, 0.717) is 27.6 Å². The number of ether oxygens (including phenoxy) is 1. The lowest BCUT2D eigenvalue weighted by atomic mass is 10.2. The maximum Gasteiger partial charge on any atom is 0.227 e. The highest BCUT2D eigenvalue weighted by molar-refractivity contribution is 6.31. The minimum atomic E-state index is -0.145. The van der Waals surface area contributed by atoms with Crippen LogP contribution in [-0.4, -0.2) is 17.2 Å². The number of aromatic nitrogens is 1. The fraction of sp³-hybridized carbons (Fsp3) is 0.133. The SMILES string of the molecule is COc1ccc(-c2nc3cc(Cl)cc(CO)c3o2)cc1. The molecule has 3 aromatic rings. The van der Waals surface area contributed by atoms with Crippen LogP contribution in [-0.2, 0) is 6.61 Å². The van der Waals surface area contributed by atoms with Gasteiger partial charge in [0.1, 0.15) is 11.3 Å². The molecule has 20 heavy (non-hydrogen) atoms. The predicted molar refractivity (Wildman–Crippen MR) is 76.9 cm³/mol. The van der Waals surface area contributed by atoms with Crippen molar-refractivity contribution < 1.29 is 14.3 Å². The van der Waals surface area contributed by atoms with Crippen molar-refractivity contribution in [3.05, 3.63) is 47.0 Å². The molecule has 0 spiro atoms. The molecule has 1 N–H and O–H groups in total. The Balaban J connectivity index is 2.12. The van der Waals surface area contributed by atoms with Gasteiger partial charge in [-0.05, 0) is 36.4 Å². The standard InChI is InChI=1S/C15H12ClNO3/c1-19-12-4-2-9(3-5-12)15-17-13-7-11(16)6-10(8-18)14(13)20-15/h2-7,18H,8H2,1H3. The van der Waals surface area contributed by atoms with Crippen LogP contribution in [0.25, 0.3) is 22.6 Å². The Labute approximate surface area is 120 Å². The van der Waals surface area contributed by atoms with Crippen molar-refractivity contribution in [3.63, 3.8) is 0 Å². The Hall–Kier alpha value is -2.04. The average molecular weight is 290 g/mol. The first-order chi connectivity index (χ1) is 9.71. The van der Waals surface area contributed by atoms with Crippen LogP contribution in [0.15, 0.2) is 40.8 Å². The van der Waals surface area contributed by atoms with Gasteiger partial charge in [-0.3, -0.25) is 0 Å². The topological polar surface area (TPSA) is 55.5 Å². The molecule has 0 aliphatic heterocycles. The fourth-order valence-electron chi connectivity index (χ4n) is 2.04. The minimum Gasteiger partial charge on any atom is -0.497 e. The van der Waals surface area contributed by atoms with E-state index in [4.69, 9.17) is 20.8 Å². The van der Waals surface area contributed by atoms with Gasteiger partial charge in [-0.1, -0.05) is 11.6 Å². The molecule has 3 rings (SSSR count). The molecule has 0 aliphatic rings. The van der Waals surface area contributed by atoms with E-state index in [-0.39, 0.29) is 6.61 Å². The van der Waals surface area contributed by atoms with E-state index in [0.717, 1.165) is 11.3 Å². The lowest BCUT2D eigenvalue weighted by Crippen LogP contribution is -1.83. The van der Waals surface area contributed by atoms with E-state index >= 15 is 0 Å². The molecule has 0 saturated heterocycles. The Bertz CT molecular complexity index is 750. The summed E-state index contributed by atoms with van der Waals surface area (Å²) in [5.74, 6) is 1.25. The van der Waals surface area contributed by atoms with Gasteiger partial charge in [0.05, 0.1) is 13.7 Å². The largest absolute Gasteiger partial charge is 0.497 e. The Morgan fingerprint density at radius 3 is 2.65 bits per heavy atom. The lowest BCUT2D eigenvalue weighted by molar-refractivity contribution is 0.282. The Morgan fingerprint density at radius 2 is 2.00 bits per heavy atom. The molecule has 102 valence electrons.